The Balaban J connectivity index is 2.44. The highest BCUT2D eigenvalue weighted by atomic mass is 127. The molecule has 1 aromatic carbocycles. The lowest BCUT2D eigenvalue weighted by Gasteiger charge is -2.11. The van der Waals surface area contributed by atoms with Gasteiger partial charge in [0.25, 0.3) is 0 Å². The van der Waals surface area contributed by atoms with Crippen LogP contribution in [0.1, 0.15) is 32.6 Å². The standard InChI is InChI=1S/C13H16ClIN2OS/c1-2-3-4-5-12(18)17-13(19)16-11-7-6-9(15)8-10(11)14/h6-8H,2-5H2,1H3,(H2,16,17,18,19). The van der Waals surface area contributed by atoms with Gasteiger partial charge in [-0.05, 0) is 59.4 Å². The Morgan fingerprint density at radius 2 is 2.16 bits per heavy atom. The number of amides is 1. The zero-order valence-corrected chi connectivity index (χ0v) is 14.4. The third kappa shape index (κ3) is 6.54. The van der Waals surface area contributed by atoms with Crippen molar-refractivity contribution in [3.63, 3.8) is 0 Å². The molecule has 1 aromatic rings. The van der Waals surface area contributed by atoms with Crippen molar-refractivity contribution >= 4 is 63.1 Å². The van der Waals surface area contributed by atoms with E-state index in [1.807, 2.05) is 18.2 Å². The van der Waals surface area contributed by atoms with Gasteiger partial charge in [-0.3, -0.25) is 4.79 Å². The highest BCUT2D eigenvalue weighted by molar-refractivity contribution is 14.1. The van der Waals surface area contributed by atoms with E-state index in [4.69, 9.17) is 23.8 Å². The van der Waals surface area contributed by atoms with Gasteiger partial charge in [-0.2, -0.15) is 0 Å². The molecule has 0 atom stereocenters. The summed E-state index contributed by atoms with van der Waals surface area (Å²) >= 11 is 13.3. The monoisotopic (exact) mass is 410 g/mol. The number of benzene rings is 1. The molecule has 0 aliphatic carbocycles. The molecule has 2 N–H and O–H groups in total. The fraction of sp³-hybridized carbons (Fsp3) is 0.385. The van der Waals surface area contributed by atoms with Crippen LogP contribution in [-0.2, 0) is 4.79 Å². The molecular weight excluding hydrogens is 395 g/mol. The molecule has 0 unspecified atom stereocenters. The molecule has 19 heavy (non-hydrogen) atoms. The minimum absolute atomic E-state index is 0.0624. The molecule has 0 spiro atoms. The van der Waals surface area contributed by atoms with E-state index in [1.165, 1.54) is 0 Å². The van der Waals surface area contributed by atoms with Crippen LogP contribution in [0.2, 0.25) is 5.02 Å². The van der Waals surface area contributed by atoms with Gasteiger partial charge < -0.3 is 10.6 Å². The van der Waals surface area contributed by atoms with Crippen LogP contribution in [0.25, 0.3) is 0 Å². The molecule has 0 heterocycles. The van der Waals surface area contributed by atoms with Gasteiger partial charge in [0.05, 0.1) is 10.7 Å². The van der Waals surface area contributed by atoms with E-state index in [0.717, 1.165) is 22.8 Å². The number of hydrogen-bond acceptors (Lipinski definition) is 2. The Morgan fingerprint density at radius 3 is 2.79 bits per heavy atom. The van der Waals surface area contributed by atoms with Crippen molar-refractivity contribution in [1.29, 1.82) is 0 Å². The van der Waals surface area contributed by atoms with E-state index < -0.39 is 0 Å². The van der Waals surface area contributed by atoms with Crippen LogP contribution in [0.5, 0.6) is 0 Å². The van der Waals surface area contributed by atoms with Crippen molar-refractivity contribution in [1.82, 2.24) is 5.32 Å². The van der Waals surface area contributed by atoms with E-state index in [-0.39, 0.29) is 11.0 Å². The summed E-state index contributed by atoms with van der Waals surface area (Å²) in [6, 6.07) is 5.58. The molecule has 104 valence electrons. The van der Waals surface area contributed by atoms with Crippen LogP contribution >= 0.6 is 46.4 Å². The summed E-state index contributed by atoms with van der Waals surface area (Å²) in [6.07, 6.45) is 3.52. The Bertz CT molecular complexity index is 468. The first-order chi connectivity index (χ1) is 9.02. The molecule has 0 radical (unpaired) electrons. The molecule has 0 aliphatic heterocycles. The number of hydrogen-bond donors (Lipinski definition) is 2. The van der Waals surface area contributed by atoms with Gasteiger partial charge in [-0.1, -0.05) is 31.4 Å². The van der Waals surface area contributed by atoms with Gasteiger partial charge in [0.1, 0.15) is 0 Å². The summed E-state index contributed by atoms with van der Waals surface area (Å²) in [5.74, 6) is -0.0624. The van der Waals surface area contributed by atoms with E-state index in [0.29, 0.717) is 17.1 Å². The Kier molecular flexibility index (Phi) is 7.63. The second-order valence-electron chi connectivity index (χ2n) is 4.08. The molecule has 0 saturated carbocycles. The molecule has 1 amide bonds. The average molecular weight is 411 g/mol. The average Bonchev–Trinajstić information content (AvgIpc) is 2.33. The van der Waals surface area contributed by atoms with Crippen LogP contribution in [0.15, 0.2) is 18.2 Å². The number of nitrogens with one attached hydrogen (secondary N) is 2. The molecule has 0 saturated heterocycles. The highest BCUT2D eigenvalue weighted by Crippen LogP contribution is 2.23. The normalized spacial score (nSPS) is 10.1. The van der Waals surface area contributed by atoms with E-state index in [1.54, 1.807) is 0 Å². The lowest BCUT2D eigenvalue weighted by atomic mass is 10.2. The first-order valence-electron chi connectivity index (χ1n) is 6.08. The minimum atomic E-state index is -0.0624. The van der Waals surface area contributed by atoms with E-state index >= 15 is 0 Å². The van der Waals surface area contributed by atoms with E-state index in [2.05, 4.69) is 40.1 Å². The van der Waals surface area contributed by atoms with E-state index in [9.17, 15) is 4.79 Å². The number of carbonyl (C=O) groups excluding carboxylic acids is 1. The maximum atomic E-state index is 11.6. The second-order valence-corrected chi connectivity index (χ2v) is 6.14. The zero-order chi connectivity index (χ0) is 14.3. The van der Waals surface area contributed by atoms with Crippen molar-refractivity contribution < 1.29 is 4.79 Å². The van der Waals surface area contributed by atoms with Crippen molar-refractivity contribution in [3.8, 4) is 0 Å². The van der Waals surface area contributed by atoms with Crippen LogP contribution in [0, 0.1) is 3.57 Å². The maximum absolute atomic E-state index is 11.6. The molecule has 0 aromatic heterocycles. The van der Waals surface area contributed by atoms with Gasteiger partial charge in [-0.15, -0.1) is 0 Å². The number of unbranched alkanes of at least 4 members (excludes halogenated alkanes) is 2. The quantitative estimate of drug-likeness (QED) is 0.431. The lowest BCUT2D eigenvalue weighted by molar-refractivity contribution is -0.119. The minimum Gasteiger partial charge on any atom is -0.331 e. The van der Waals surface area contributed by atoms with Crippen molar-refractivity contribution in [2.75, 3.05) is 5.32 Å². The molecule has 6 heteroatoms. The lowest BCUT2D eigenvalue weighted by Crippen LogP contribution is -2.34. The van der Waals surface area contributed by atoms with Crippen LogP contribution in [0.3, 0.4) is 0 Å². The SMILES string of the molecule is CCCCCC(=O)NC(=S)Nc1ccc(I)cc1Cl. The summed E-state index contributed by atoms with van der Waals surface area (Å²) < 4.78 is 1.04. The topological polar surface area (TPSA) is 41.1 Å². The number of halogens is 2. The van der Waals surface area contributed by atoms with Crippen molar-refractivity contribution in [2.24, 2.45) is 0 Å². The van der Waals surface area contributed by atoms with Gasteiger partial charge in [0, 0.05) is 9.99 Å². The summed E-state index contributed by atoms with van der Waals surface area (Å²) in [4.78, 5) is 11.6. The Hall–Kier alpha value is -0.400. The molecule has 1 rings (SSSR count). The number of anilines is 1. The van der Waals surface area contributed by atoms with Gasteiger partial charge in [0.2, 0.25) is 5.91 Å². The Labute approximate surface area is 137 Å². The highest BCUT2D eigenvalue weighted by Gasteiger charge is 2.06. The fourth-order valence-corrected chi connectivity index (χ4v) is 2.60. The van der Waals surface area contributed by atoms with Crippen LogP contribution in [-0.4, -0.2) is 11.0 Å². The second kappa shape index (κ2) is 8.71. The predicted octanol–water partition coefficient (Wildman–Crippen LogP) is 4.34. The zero-order valence-electron chi connectivity index (χ0n) is 10.6. The third-order valence-electron chi connectivity index (χ3n) is 2.44. The Morgan fingerprint density at radius 1 is 1.42 bits per heavy atom. The largest absolute Gasteiger partial charge is 0.331 e. The third-order valence-corrected chi connectivity index (χ3v) is 3.63. The summed E-state index contributed by atoms with van der Waals surface area (Å²) in [7, 11) is 0. The molecule has 0 aliphatic rings. The van der Waals surface area contributed by atoms with Gasteiger partial charge in [-0.25, -0.2) is 0 Å². The van der Waals surface area contributed by atoms with Crippen LogP contribution in [0.4, 0.5) is 5.69 Å². The number of thiocarbonyl (C=S) groups is 1. The fourth-order valence-electron chi connectivity index (χ4n) is 1.47. The first-order valence-corrected chi connectivity index (χ1v) is 7.95. The van der Waals surface area contributed by atoms with Crippen molar-refractivity contribution in [2.45, 2.75) is 32.6 Å². The number of rotatable bonds is 5. The summed E-state index contributed by atoms with van der Waals surface area (Å²) in [5.41, 5.74) is 0.695. The molecular formula is C13H16ClIN2OS. The smallest absolute Gasteiger partial charge is 0.226 e. The van der Waals surface area contributed by atoms with Crippen LogP contribution < -0.4 is 10.6 Å². The molecule has 0 fully saturated rings. The van der Waals surface area contributed by atoms with Gasteiger partial charge >= 0.3 is 0 Å². The first kappa shape index (κ1) is 16.7. The summed E-state index contributed by atoms with van der Waals surface area (Å²) in [5, 5.41) is 6.43. The number of carbonyl (C=O) groups is 1. The summed E-state index contributed by atoms with van der Waals surface area (Å²) in [6.45, 7) is 2.10. The van der Waals surface area contributed by atoms with Gasteiger partial charge in [0.15, 0.2) is 5.11 Å². The molecule has 3 nitrogen and oxygen atoms in total. The molecule has 0 bridgehead atoms. The predicted molar refractivity (Wildman–Crippen MR) is 92.7 cm³/mol. The van der Waals surface area contributed by atoms with Crippen molar-refractivity contribution in [3.05, 3.63) is 26.8 Å². The maximum Gasteiger partial charge on any atom is 0.226 e.